The summed E-state index contributed by atoms with van der Waals surface area (Å²) in [5.41, 5.74) is 1.20. The molecule has 0 amide bonds. The zero-order valence-corrected chi connectivity index (χ0v) is 10.9. The van der Waals surface area contributed by atoms with Crippen LogP contribution in [0.1, 0.15) is 18.4 Å². The number of hydrogen-bond donors (Lipinski definition) is 0. The summed E-state index contributed by atoms with van der Waals surface area (Å²) in [7, 11) is 8.26. The topological polar surface area (TPSA) is 0 Å². The van der Waals surface area contributed by atoms with Crippen molar-refractivity contribution in [3.05, 3.63) is 48.0 Å². The number of allylic oxidation sites excluding steroid dienone is 1. The Morgan fingerprint density at radius 2 is 1.88 bits per heavy atom. The second-order valence-electron chi connectivity index (χ2n) is 4.76. The summed E-state index contributed by atoms with van der Waals surface area (Å²) in [6, 6.07) is 7.88. The molecule has 0 bridgehead atoms. The highest BCUT2D eigenvalue weighted by molar-refractivity contribution is 6.30. The van der Waals surface area contributed by atoms with Crippen LogP contribution in [0.3, 0.4) is 0 Å². The maximum Gasteiger partial charge on any atom is 0.128 e. The molecule has 0 aliphatic heterocycles. The van der Waals surface area contributed by atoms with Crippen LogP contribution < -0.4 is 0 Å². The predicted octanol–water partition coefficient (Wildman–Crippen LogP) is 4.00. The van der Waals surface area contributed by atoms with Gasteiger partial charge in [0, 0.05) is 11.4 Å². The Bertz CT molecular complexity index is 333. The zero-order valence-electron chi connectivity index (χ0n) is 10.1. The van der Waals surface area contributed by atoms with Crippen molar-refractivity contribution < 1.29 is 4.48 Å². The summed E-state index contributed by atoms with van der Waals surface area (Å²) in [6.45, 7) is 1.10. The minimum atomic E-state index is 0.785. The molecule has 1 aromatic carbocycles. The molecule has 2 heteroatoms. The first kappa shape index (κ1) is 13.3. The summed E-state index contributed by atoms with van der Waals surface area (Å²) < 4.78 is 0.786. The van der Waals surface area contributed by atoms with E-state index in [4.69, 9.17) is 11.6 Å². The summed E-state index contributed by atoms with van der Waals surface area (Å²) in [4.78, 5) is 0. The summed E-state index contributed by atoms with van der Waals surface area (Å²) >= 11 is 5.81. The molecule has 0 unspecified atom stereocenters. The van der Waals surface area contributed by atoms with Crippen LogP contribution in [-0.4, -0.2) is 25.1 Å². The van der Waals surface area contributed by atoms with Crippen LogP contribution in [0.25, 0.3) is 6.08 Å². The fourth-order valence-electron chi connectivity index (χ4n) is 1.43. The van der Waals surface area contributed by atoms with E-state index in [1.807, 2.05) is 24.3 Å². The van der Waals surface area contributed by atoms with E-state index in [1.54, 1.807) is 0 Å². The molecular weight excluding hydrogens is 218 g/mol. The highest BCUT2D eigenvalue weighted by Crippen LogP contribution is 2.11. The third-order valence-corrected chi connectivity index (χ3v) is 2.57. The molecule has 0 aliphatic rings. The quantitative estimate of drug-likeness (QED) is 0.537. The van der Waals surface area contributed by atoms with Gasteiger partial charge in [-0.1, -0.05) is 35.9 Å². The SMILES string of the molecule is [CH2][N+](C)(C)CCC/C=C/c1ccc(Cl)cc1. The van der Waals surface area contributed by atoms with Crippen LogP contribution in [0.15, 0.2) is 30.3 Å². The van der Waals surface area contributed by atoms with Gasteiger partial charge >= 0.3 is 0 Å². The minimum Gasteiger partial charge on any atom is -0.324 e. The molecule has 0 fully saturated rings. The molecule has 0 saturated heterocycles. The predicted molar refractivity (Wildman–Crippen MR) is 72.1 cm³/mol. The van der Waals surface area contributed by atoms with Gasteiger partial charge in [-0.2, -0.15) is 0 Å². The first-order valence-corrected chi connectivity index (χ1v) is 5.95. The van der Waals surface area contributed by atoms with Crippen LogP contribution in [0.5, 0.6) is 0 Å². The average Bonchev–Trinajstić information content (AvgIpc) is 2.19. The maximum absolute atomic E-state index is 5.81. The van der Waals surface area contributed by atoms with Crippen molar-refractivity contribution in [3.8, 4) is 0 Å². The highest BCUT2D eigenvalue weighted by atomic mass is 35.5. The fraction of sp³-hybridized carbons (Fsp3) is 0.357. The normalized spacial score (nSPS) is 12.2. The van der Waals surface area contributed by atoms with Gasteiger partial charge in [0.1, 0.15) is 7.05 Å². The Labute approximate surface area is 104 Å². The Hall–Kier alpha value is -0.790. The molecular formula is C14H20ClN+. The van der Waals surface area contributed by atoms with Crippen LogP contribution in [0.2, 0.25) is 5.02 Å². The third kappa shape index (κ3) is 5.94. The molecule has 1 radical (unpaired) electrons. The maximum atomic E-state index is 5.81. The highest BCUT2D eigenvalue weighted by Gasteiger charge is 2.04. The molecule has 1 rings (SSSR count). The van der Waals surface area contributed by atoms with E-state index < -0.39 is 0 Å². The number of unbranched alkanes of at least 4 members (excludes halogenated alkanes) is 1. The number of hydrogen-bond acceptors (Lipinski definition) is 0. The average molecular weight is 238 g/mol. The number of benzene rings is 1. The monoisotopic (exact) mass is 237 g/mol. The molecule has 16 heavy (non-hydrogen) atoms. The Morgan fingerprint density at radius 3 is 2.44 bits per heavy atom. The first-order valence-electron chi connectivity index (χ1n) is 5.57. The van der Waals surface area contributed by atoms with Crippen LogP contribution in [0, 0.1) is 7.05 Å². The lowest BCUT2D eigenvalue weighted by Gasteiger charge is -2.22. The molecule has 0 N–H and O–H groups in total. The standard InChI is InChI=1S/C14H20ClN/c1-16(2,3)12-6-4-5-7-13-8-10-14(15)11-9-13/h5,7-11H,1,4,6,12H2,2-3H3/q+1/b7-5+. The molecule has 1 aromatic rings. The van der Waals surface area contributed by atoms with E-state index in [1.165, 1.54) is 12.0 Å². The van der Waals surface area contributed by atoms with E-state index in [-0.39, 0.29) is 0 Å². The molecule has 1 nitrogen and oxygen atoms in total. The largest absolute Gasteiger partial charge is 0.324 e. The van der Waals surface area contributed by atoms with Gasteiger partial charge in [0.05, 0.1) is 20.6 Å². The number of quaternary nitrogens is 1. The van der Waals surface area contributed by atoms with Gasteiger partial charge in [-0.25, -0.2) is 0 Å². The van der Waals surface area contributed by atoms with Crippen molar-refractivity contribution in [1.29, 1.82) is 0 Å². The van der Waals surface area contributed by atoms with Gasteiger partial charge < -0.3 is 4.48 Å². The van der Waals surface area contributed by atoms with Crippen molar-refractivity contribution in [1.82, 2.24) is 0 Å². The number of halogens is 1. The lowest BCUT2D eigenvalue weighted by molar-refractivity contribution is -0.845. The van der Waals surface area contributed by atoms with E-state index in [9.17, 15) is 0 Å². The third-order valence-electron chi connectivity index (χ3n) is 2.31. The second kappa shape index (κ2) is 6.07. The first-order chi connectivity index (χ1) is 7.47. The van der Waals surface area contributed by atoms with Gasteiger partial charge in [0.2, 0.25) is 0 Å². The molecule has 0 heterocycles. The summed E-state index contributed by atoms with van der Waals surface area (Å²) in [6.07, 6.45) is 6.61. The van der Waals surface area contributed by atoms with E-state index >= 15 is 0 Å². The van der Waals surface area contributed by atoms with Gasteiger partial charge in [-0.05, 0) is 24.1 Å². The van der Waals surface area contributed by atoms with Crippen molar-refractivity contribution in [2.75, 3.05) is 20.6 Å². The molecule has 0 aromatic heterocycles. The lowest BCUT2D eigenvalue weighted by atomic mass is 10.2. The molecule has 0 atom stereocenters. The van der Waals surface area contributed by atoms with Crippen LogP contribution in [0.4, 0.5) is 0 Å². The van der Waals surface area contributed by atoms with Gasteiger partial charge in [0.25, 0.3) is 0 Å². The Kier molecular flexibility index (Phi) is 5.04. The molecule has 0 aliphatic carbocycles. The number of nitrogens with zero attached hydrogens (tertiary/aromatic N) is 1. The lowest BCUT2D eigenvalue weighted by Crippen LogP contribution is -2.32. The Balaban J connectivity index is 2.30. The van der Waals surface area contributed by atoms with Crippen molar-refractivity contribution in [2.45, 2.75) is 12.8 Å². The van der Waals surface area contributed by atoms with E-state index in [2.05, 4.69) is 33.3 Å². The van der Waals surface area contributed by atoms with Gasteiger partial charge in [-0.3, -0.25) is 0 Å². The van der Waals surface area contributed by atoms with Gasteiger partial charge in [0.15, 0.2) is 0 Å². The number of rotatable bonds is 5. The summed E-state index contributed by atoms with van der Waals surface area (Å²) in [5.74, 6) is 0. The summed E-state index contributed by atoms with van der Waals surface area (Å²) in [5, 5.41) is 0.785. The molecule has 0 saturated carbocycles. The Morgan fingerprint density at radius 1 is 1.25 bits per heavy atom. The van der Waals surface area contributed by atoms with Crippen molar-refractivity contribution in [3.63, 3.8) is 0 Å². The fourth-order valence-corrected chi connectivity index (χ4v) is 1.56. The molecule has 0 spiro atoms. The van der Waals surface area contributed by atoms with E-state index in [0.29, 0.717) is 0 Å². The van der Waals surface area contributed by atoms with Crippen molar-refractivity contribution >= 4 is 17.7 Å². The van der Waals surface area contributed by atoms with E-state index in [0.717, 1.165) is 22.5 Å². The van der Waals surface area contributed by atoms with Gasteiger partial charge in [-0.15, -0.1) is 0 Å². The second-order valence-corrected chi connectivity index (χ2v) is 5.19. The zero-order chi connectivity index (χ0) is 12.0. The molecule has 87 valence electrons. The van der Waals surface area contributed by atoms with Crippen molar-refractivity contribution in [2.24, 2.45) is 0 Å². The van der Waals surface area contributed by atoms with Crippen LogP contribution >= 0.6 is 11.6 Å². The smallest absolute Gasteiger partial charge is 0.128 e. The minimum absolute atomic E-state index is 0.785. The van der Waals surface area contributed by atoms with Crippen LogP contribution in [-0.2, 0) is 0 Å².